The molecule has 0 bridgehead atoms. The zero-order valence-electron chi connectivity index (χ0n) is 12.8. The van der Waals surface area contributed by atoms with Gasteiger partial charge in [-0.2, -0.15) is 5.10 Å². The molecule has 0 radical (unpaired) electrons. The molecule has 23 heavy (non-hydrogen) atoms. The van der Waals surface area contributed by atoms with E-state index >= 15 is 0 Å². The second kappa shape index (κ2) is 7.17. The van der Waals surface area contributed by atoms with Gasteiger partial charge < -0.3 is 16.2 Å². The average Bonchev–Trinajstić information content (AvgIpc) is 3.01. The minimum absolute atomic E-state index is 0.252. The van der Waals surface area contributed by atoms with Crippen LogP contribution in [0, 0.1) is 0 Å². The second-order valence-electron chi connectivity index (χ2n) is 5.33. The summed E-state index contributed by atoms with van der Waals surface area (Å²) >= 11 is 0. The molecule has 0 saturated carbocycles. The summed E-state index contributed by atoms with van der Waals surface area (Å²) in [7, 11) is 0. The predicted molar refractivity (Wildman–Crippen MR) is 89.1 cm³/mol. The summed E-state index contributed by atoms with van der Waals surface area (Å²) in [6.45, 7) is 1.96. The van der Waals surface area contributed by atoms with Gasteiger partial charge in [-0.3, -0.25) is 0 Å². The zero-order valence-corrected chi connectivity index (χ0v) is 12.8. The topological polar surface area (TPSA) is 102 Å². The lowest BCUT2D eigenvalue weighted by Crippen LogP contribution is -2.15. The Labute approximate surface area is 134 Å². The van der Waals surface area contributed by atoms with E-state index in [1.807, 2.05) is 12.1 Å². The third kappa shape index (κ3) is 3.46. The van der Waals surface area contributed by atoms with Crippen molar-refractivity contribution in [3.05, 3.63) is 42.4 Å². The van der Waals surface area contributed by atoms with Crippen LogP contribution in [-0.2, 0) is 6.54 Å². The Balaban J connectivity index is 1.70. The summed E-state index contributed by atoms with van der Waals surface area (Å²) in [5.41, 5.74) is 8.66. The monoisotopic (exact) mass is 312 g/mol. The molecular weight excluding hydrogens is 292 g/mol. The van der Waals surface area contributed by atoms with E-state index in [1.54, 1.807) is 10.9 Å². The summed E-state index contributed by atoms with van der Waals surface area (Å²) in [6.07, 6.45) is 4.94. The quantitative estimate of drug-likeness (QED) is 0.568. The van der Waals surface area contributed by atoms with Crippen molar-refractivity contribution in [1.82, 2.24) is 25.1 Å². The summed E-state index contributed by atoms with van der Waals surface area (Å²) in [4.78, 5) is 8.23. The van der Waals surface area contributed by atoms with Crippen molar-refractivity contribution in [1.29, 1.82) is 0 Å². The maximum atomic E-state index is 8.74. The van der Waals surface area contributed by atoms with Crippen LogP contribution in [0.3, 0.4) is 0 Å². The first-order valence-electron chi connectivity index (χ1n) is 7.64. The van der Waals surface area contributed by atoms with Gasteiger partial charge in [-0.15, -0.1) is 0 Å². The number of hydrogen-bond acceptors (Lipinski definition) is 6. The van der Waals surface area contributed by atoms with Gasteiger partial charge >= 0.3 is 0 Å². The van der Waals surface area contributed by atoms with Gasteiger partial charge in [-0.05, 0) is 37.1 Å². The lowest BCUT2D eigenvalue weighted by atomic mass is 10.2. The number of hydrogen-bond donors (Lipinski definition) is 3. The summed E-state index contributed by atoms with van der Waals surface area (Å²) in [5, 5.41) is 17.2. The van der Waals surface area contributed by atoms with Crippen LogP contribution >= 0.6 is 0 Å². The fraction of sp³-hybridized carbons (Fsp3) is 0.312. The third-order valence-electron chi connectivity index (χ3n) is 3.67. The van der Waals surface area contributed by atoms with E-state index in [0.717, 1.165) is 37.0 Å². The van der Waals surface area contributed by atoms with Gasteiger partial charge in [0.2, 0.25) is 0 Å². The lowest BCUT2D eigenvalue weighted by Gasteiger charge is -2.07. The van der Waals surface area contributed by atoms with Crippen molar-refractivity contribution < 1.29 is 5.11 Å². The molecule has 1 aromatic carbocycles. The van der Waals surface area contributed by atoms with E-state index in [4.69, 9.17) is 10.8 Å². The Kier molecular flexibility index (Phi) is 4.80. The van der Waals surface area contributed by atoms with Gasteiger partial charge in [0.1, 0.15) is 12.1 Å². The van der Waals surface area contributed by atoms with Gasteiger partial charge in [0.05, 0.1) is 17.3 Å². The molecule has 2 heterocycles. The largest absolute Gasteiger partial charge is 0.396 e. The number of nitrogens with zero attached hydrogens (tertiary/aromatic N) is 4. The molecule has 3 aromatic rings. The lowest BCUT2D eigenvalue weighted by molar-refractivity contribution is 0.283. The van der Waals surface area contributed by atoms with Gasteiger partial charge in [0.15, 0.2) is 5.65 Å². The summed E-state index contributed by atoms with van der Waals surface area (Å²) in [5.74, 6) is 0.435. The Morgan fingerprint density at radius 3 is 2.74 bits per heavy atom. The molecule has 7 nitrogen and oxygen atoms in total. The van der Waals surface area contributed by atoms with Crippen molar-refractivity contribution in [2.75, 3.05) is 18.9 Å². The number of aliphatic hydroxyl groups is 1. The maximum absolute atomic E-state index is 8.74. The molecule has 0 aliphatic heterocycles. The van der Waals surface area contributed by atoms with Crippen molar-refractivity contribution in [2.24, 2.45) is 0 Å². The number of rotatable bonds is 7. The molecule has 0 saturated heterocycles. The van der Waals surface area contributed by atoms with Crippen LogP contribution in [0.1, 0.15) is 18.4 Å². The zero-order chi connectivity index (χ0) is 16.1. The summed E-state index contributed by atoms with van der Waals surface area (Å²) < 4.78 is 1.76. The molecule has 3 rings (SSSR count). The molecule has 2 aromatic heterocycles. The Morgan fingerprint density at radius 1 is 1.13 bits per heavy atom. The standard InChI is InChI=1S/C16H20N6O/c17-15-14-10-21-22(16(14)20-11-19-15)13-5-3-12(4-6-13)9-18-7-1-2-8-23/h3-6,10-11,18,23H,1-2,7-9H2,(H2,17,19,20). The summed E-state index contributed by atoms with van der Waals surface area (Å²) in [6, 6.07) is 8.14. The number of aromatic nitrogens is 4. The van der Waals surface area contributed by atoms with Crippen LogP contribution in [-0.4, -0.2) is 38.0 Å². The number of unbranched alkanes of at least 4 members (excludes halogenated alkanes) is 1. The van der Waals surface area contributed by atoms with Crippen molar-refractivity contribution in [3.8, 4) is 5.69 Å². The van der Waals surface area contributed by atoms with Gasteiger partial charge in [-0.1, -0.05) is 12.1 Å². The highest BCUT2D eigenvalue weighted by Crippen LogP contribution is 2.19. The van der Waals surface area contributed by atoms with Crippen molar-refractivity contribution in [3.63, 3.8) is 0 Å². The number of nitrogen functional groups attached to an aromatic ring is 1. The van der Waals surface area contributed by atoms with E-state index in [0.29, 0.717) is 11.5 Å². The number of nitrogens with one attached hydrogen (secondary N) is 1. The third-order valence-corrected chi connectivity index (χ3v) is 3.67. The molecule has 0 amide bonds. The number of benzene rings is 1. The highest BCUT2D eigenvalue weighted by atomic mass is 16.2. The first-order valence-corrected chi connectivity index (χ1v) is 7.64. The minimum atomic E-state index is 0.252. The highest BCUT2D eigenvalue weighted by Gasteiger charge is 2.08. The van der Waals surface area contributed by atoms with Crippen molar-refractivity contribution >= 4 is 16.9 Å². The van der Waals surface area contributed by atoms with Crippen LogP contribution in [0.4, 0.5) is 5.82 Å². The van der Waals surface area contributed by atoms with E-state index in [9.17, 15) is 0 Å². The molecular formula is C16H20N6O. The normalized spacial score (nSPS) is 11.2. The fourth-order valence-corrected chi connectivity index (χ4v) is 2.40. The van der Waals surface area contributed by atoms with E-state index < -0.39 is 0 Å². The van der Waals surface area contributed by atoms with Gasteiger partial charge in [0.25, 0.3) is 0 Å². The second-order valence-corrected chi connectivity index (χ2v) is 5.33. The van der Waals surface area contributed by atoms with Gasteiger partial charge in [0, 0.05) is 13.2 Å². The van der Waals surface area contributed by atoms with Gasteiger partial charge in [-0.25, -0.2) is 14.6 Å². The molecule has 120 valence electrons. The molecule has 0 fully saturated rings. The Hall–Kier alpha value is -2.51. The molecule has 0 aliphatic rings. The van der Waals surface area contributed by atoms with Crippen LogP contribution in [0.2, 0.25) is 0 Å². The number of nitrogens with two attached hydrogens (primary N) is 1. The predicted octanol–water partition coefficient (Wildman–Crippen LogP) is 1.26. The smallest absolute Gasteiger partial charge is 0.168 e. The minimum Gasteiger partial charge on any atom is -0.396 e. The maximum Gasteiger partial charge on any atom is 0.168 e. The van der Waals surface area contributed by atoms with E-state index in [2.05, 4.69) is 32.5 Å². The Bertz CT molecular complexity index is 768. The Morgan fingerprint density at radius 2 is 1.96 bits per heavy atom. The molecule has 0 unspecified atom stereocenters. The molecule has 7 heteroatoms. The fourth-order valence-electron chi connectivity index (χ4n) is 2.40. The molecule has 0 aliphatic carbocycles. The SMILES string of the molecule is Nc1ncnc2c1cnn2-c1ccc(CNCCCCO)cc1. The number of aliphatic hydroxyl groups excluding tert-OH is 1. The number of fused-ring (bicyclic) bond motifs is 1. The molecule has 0 spiro atoms. The highest BCUT2D eigenvalue weighted by molar-refractivity contribution is 5.85. The van der Waals surface area contributed by atoms with Crippen LogP contribution in [0.5, 0.6) is 0 Å². The number of anilines is 1. The first kappa shape index (κ1) is 15.4. The van der Waals surface area contributed by atoms with E-state index in [1.165, 1.54) is 11.9 Å². The van der Waals surface area contributed by atoms with E-state index in [-0.39, 0.29) is 6.61 Å². The first-order chi connectivity index (χ1) is 11.3. The van der Waals surface area contributed by atoms with Crippen molar-refractivity contribution in [2.45, 2.75) is 19.4 Å². The molecule has 4 N–H and O–H groups in total. The van der Waals surface area contributed by atoms with Crippen LogP contribution < -0.4 is 11.1 Å². The van der Waals surface area contributed by atoms with Crippen LogP contribution in [0.25, 0.3) is 16.7 Å². The average molecular weight is 312 g/mol. The molecule has 0 atom stereocenters. The van der Waals surface area contributed by atoms with Crippen LogP contribution in [0.15, 0.2) is 36.8 Å².